The summed E-state index contributed by atoms with van der Waals surface area (Å²) in [6.07, 6.45) is 8.19. The molecule has 2 amide bonds. The Labute approximate surface area is 164 Å². The van der Waals surface area contributed by atoms with Gasteiger partial charge in [-0.1, -0.05) is 17.6 Å². The van der Waals surface area contributed by atoms with E-state index >= 15 is 0 Å². The molecule has 0 fully saturated rings. The molecule has 1 aromatic carbocycles. The first-order chi connectivity index (χ1) is 13.2. The molecule has 1 heterocycles. The van der Waals surface area contributed by atoms with Gasteiger partial charge in [0.15, 0.2) is 0 Å². The summed E-state index contributed by atoms with van der Waals surface area (Å²) in [6, 6.07) is -0.396. The minimum Gasteiger partial charge on any atom is -0.550 e. The first-order valence-corrected chi connectivity index (χ1v) is 8.83. The fraction of sp³-hybridized carbons (Fsp3) is 0.381. The van der Waals surface area contributed by atoms with Gasteiger partial charge in [-0.05, 0) is 44.2 Å². The quantitative estimate of drug-likeness (QED) is 0.458. The maximum Gasteiger partial charge on any atom is 0.341 e. The summed E-state index contributed by atoms with van der Waals surface area (Å²) < 4.78 is 5.17. The van der Waals surface area contributed by atoms with Crippen LogP contribution in [0.2, 0.25) is 0 Å². The number of fused-ring (bicyclic) bond motifs is 1. The number of nitrogens with one attached hydrogen (secondary N) is 1. The van der Waals surface area contributed by atoms with Crippen molar-refractivity contribution in [2.45, 2.75) is 39.7 Å². The van der Waals surface area contributed by atoms with Gasteiger partial charge in [-0.2, -0.15) is 0 Å². The first kappa shape index (κ1) is 21.0. The number of amides is 2. The summed E-state index contributed by atoms with van der Waals surface area (Å²) in [5, 5.41) is 13.4. The number of carboxylic acid groups (broad SMARTS) is 1. The lowest BCUT2D eigenvalue weighted by Crippen LogP contribution is -2.29. The van der Waals surface area contributed by atoms with E-state index in [-0.39, 0.29) is 13.0 Å². The number of carbonyl (C=O) groups is 3. The SMILES string of the molecule is C#Cc1c(C)c2c(c(NC(=O)N(C)C)c1C/C=C(\C)CCC(=O)[O-])C(=O)OC2. The first-order valence-electron chi connectivity index (χ1n) is 8.83. The second-order valence-corrected chi connectivity index (χ2v) is 6.88. The number of hydrogen-bond acceptors (Lipinski definition) is 5. The van der Waals surface area contributed by atoms with E-state index in [9.17, 15) is 19.5 Å². The average Bonchev–Trinajstić information content (AvgIpc) is 3.02. The molecule has 0 aliphatic carbocycles. The number of benzene rings is 1. The van der Waals surface area contributed by atoms with E-state index in [1.807, 2.05) is 19.9 Å². The number of rotatable bonds is 6. The van der Waals surface area contributed by atoms with Crippen LogP contribution in [0.15, 0.2) is 11.6 Å². The number of anilines is 1. The highest BCUT2D eigenvalue weighted by atomic mass is 16.5. The standard InChI is InChI=1S/C21H24N2O5/c1-6-14-13(3)16-11-28-20(26)18(16)19(22-21(27)23(4)5)15(14)9-7-12(2)8-10-17(24)25/h1,7H,8-11H2,2-5H3,(H,22,27)(H,24,25)/p-1/b12-7+. The maximum absolute atomic E-state index is 12.3. The third-order valence-electron chi connectivity index (χ3n) is 4.70. The molecule has 1 N–H and O–H groups in total. The number of nitrogens with zero attached hydrogens (tertiary/aromatic N) is 1. The van der Waals surface area contributed by atoms with E-state index in [1.165, 1.54) is 4.90 Å². The van der Waals surface area contributed by atoms with Gasteiger partial charge < -0.3 is 24.9 Å². The van der Waals surface area contributed by atoms with E-state index < -0.39 is 18.0 Å². The van der Waals surface area contributed by atoms with E-state index in [1.54, 1.807) is 14.1 Å². The normalized spacial score (nSPS) is 12.8. The van der Waals surface area contributed by atoms with Gasteiger partial charge in [-0.15, -0.1) is 6.42 Å². The van der Waals surface area contributed by atoms with Crippen molar-refractivity contribution in [2.75, 3.05) is 19.4 Å². The van der Waals surface area contributed by atoms with Gasteiger partial charge >= 0.3 is 12.0 Å². The molecule has 0 saturated heterocycles. The molecule has 1 aliphatic rings. The van der Waals surface area contributed by atoms with Crippen LogP contribution in [0.4, 0.5) is 10.5 Å². The van der Waals surface area contributed by atoms with Gasteiger partial charge in [0.05, 0.1) is 11.3 Å². The van der Waals surface area contributed by atoms with E-state index in [2.05, 4.69) is 11.2 Å². The number of carbonyl (C=O) groups excluding carboxylic acids is 3. The van der Waals surface area contributed by atoms with Crippen molar-refractivity contribution in [1.29, 1.82) is 0 Å². The van der Waals surface area contributed by atoms with Crippen LogP contribution in [-0.4, -0.2) is 37.0 Å². The highest BCUT2D eigenvalue weighted by molar-refractivity contribution is 6.05. The van der Waals surface area contributed by atoms with Crippen LogP contribution in [0.25, 0.3) is 0 Å². The van der Waals surface area contributed by atoms with Gasteiger partial charge in [-0.3, -0.25) is 0 Å². The lowest BCUT2D eigenvalue weighted by Gasteiger charge is -2.20. The summed E-state index contributed by atoms with van der Waals surface area (Å²) in [4.78, 5) is 36.6. The molecular formula is C21H23N2O5-. The number of carboxylic acids is 1. The monoisotopic (exact) mass is 383 g/mol. The maximum atomic E-state index is 12.3. The van der Waals surface area contributed by atoms with Crippen LogP contribution in [-0.2, 0) is 22.6 Å². The predicted molar refractivity (Wildman–Crippen MR) is 103 cm³/mol. The molecule has 0 radical (unpaired) electrons. The predicted octanol–water partition coefficient (Wildman–Crippen LogP) is 1.76. The van der Waals surface area contributed by atoms with Crippen molar-refractivity contribution in [1.82, 2.24) is 4.90 Å². The van der Waals surface area contributed by atoms with E-state index in [4.69, 9.17) is 11.2 Å². The fourth-order valence-corrected chi connectivity index (χ4v) is 3.04. The minimum atomic E-state index is -1.12. The highest BCUT2D eigenvalue weighted by Gasteiger charge is 2.32. The Morgan fingerprint density at radius 1 is 1.36 bits per heavy atom. The minimum absolute atomic E-state index is 0.0793. The lowest BCUT2D eigenvalue weighted by atomic mass is 9.89. The van der Waals surface area contributed by atoms with Crippen LogP contribution in [0.1, 0.15) is 52.4 Å². The molecule has 1 aliphatic heterocycles. The van der Waals surface area contributed by atoms with Gasteiger partial charge in [0.25, 0.3) is 0 Å². The molecule has 2 rings (SSSR count). The van der Waals surface area contributed by atoms with Crippen LogP contribution >= 0.6 is 0 Å². The summed E-state index contributed by atoms with van der Waals surface area (Å²) in [5.41, 5.74) is 4.17. The summed E-state index contributed by atoms with van der Waals surface area (Å²) in [6.45, 7) is 3.75. The fourth-order valence-electron chi connectivity index (χ4n) is 3.04. The second kappa shape index (κ2) is 8.61. The topological polar surface area (TPSA) is 98.8 Å². The number of esters is 1. The molecule has 0 aromatic heterocycles. The second-order valence-electron chi connectivity index (χ2n) is 6.88. The number of aliphatic carboxylic acids is 1. The van der Waals surface area contributed by atoms with Crippen molar-refractivity contribution in [3.63, 3.8) is 0 Å². The molecule has 0 saturated carbocycles. The van der Waals surface area contributed by atoms with E-state index in [0.717, 1.165) is 11.1 Å². The molecule has 7 nitrogen and oxygen atoms in total. The Morgan fingerprint density at radius 3 is 2.61 bits per heavy atom. The number of hydrogen-bond donors (Lipinski definition) is 1. The van der Waals surface area contributed by atoms with Crippen LogP contribution < -0.4 is 10.4 Å². The van der Waals surface area contributed by atoms with Crippen molar-refractivity contribution >= 4 is 23.7 Å². The van der Waals surface area contributed by atoms with Crippen molar-refractivity contribution < 1.29 is 24.2 Å². The molecule has 148 valence electrons. The third-order valence-corrected chi connectivity index (χ3v) is 4.70. The zero-order valence-corrected chi connectivity index (χ0v) is 16.5. The van der Waals surface area contributed by atoms with Crippen LogP contribution in [0, 0.1) is 19.3 Å². The third kappa shape index (κ3) is 4.34. The number of cyclic esters (lactones) is 1. The van der Waals surface area contributed by atoms with Gasteiger partial charge in [0.1, 0.15) is 6.61 Å². The molecule has 0 unspecified atom stereocenters. The van der Waals surface area contributed by atoms with Gasteiger partial charge in [0.2, 0.25) is 0 Å². The van der Waals surface area contributed by atoms with Gasteiger partial charge in [-0.25, -0.2) is 9.59 Å². The number of urea groups is 1. The number of terminal acetylenes is 1. The van der Waals surface area contributed by atoms with Crippen molar-refractivity contribution in [3.8, 4) is 12.3 Å². The van der Waals surface area contributed by atoms with Crippen molar-refractivity contribution in [2.24, 2.45) is 0 Å². The van der Waals surface area contributed by atoms with Crippen LogP contribution in [0.3, 0.4) is 0 Å². The molecule has 1 aromatic rings. The Kier molecular flexibility index (Phi) is 6.47. The number of allylic oxidation sites excluding steroid dienone is 2. The summed E-state index contributed by atoms with van der Waals surface area (Å²) in [7, 11) is 3.18. The Morgan fingerprint density at radius 2 is 2.04 bits per heavy atom. The Bertz CT molecular complexity index is 907. The smallest absolute Gasteiger partial charge is 0.341 e. The molecular weight excluding hydrogens is 360 g/mol. The number of ether oxygens (including phenoxy) is 1. The summed E-state index contributed by atoms with van der Waals surface area (Å²) in [5.74, 6) is 1.04. The Hall–Kier alpha value is -3.27. The molecule has 0 bridgehead atoms. The lowest BCUT2D eigenvalue weighted by molar-refractivity contribution is -0.305. The van der Waals surface area contributed by atoms with Gasteiger partial charge in [0, 0.05) is 31.2 Å². The summed E-state index contributed by atoms with van der Waals surface area (Å²) >= 11 is 0. The van der Waals surface area contributed by atoms with Crippen LogP contribution in [0.5, 0.6) is 0 Å². The largest absolute Gasteiger partial charge is 0.550 e. The molecule has 7 heteroatoms. The zero-order chi connectivity index (χ0) is 21.0. The highest BCUT2D eigenvalue weighted by Crippen LogP contribution is 2.37. The Balaban J connectivity index is 2.57. The molecule has 28 heavy (non-hydrogen) atoms. The average molecular weight is 383 g/mol. The zero-order valence-electron chi connectivity index (χ0n) is 16.5. The molecule has 0 atom stereocenters. The van der Waals surface area contributed by atoms with Crippen molar-refractivity contribution in [3.05, 3.63) is 39.5 Å². The van der Waals surface area contributed by atoms with E-state index in [0.29, 0.717) is 40.8 Å². The molecule has 0 spiro atoms.